The second kappa shape index (κ2) is 7.67. The predicted molar refractivity (Wildman–Crippen MR) is 86.6 cm³/mol. The van der Waals surface area contributed by atoms with E-state index in [0.29, 0.717) is 11.8 Å². The number of rotatable bonds is 7. The molecule has 0 aliphatic heterocycles. The third-order valence-corrected chi connectivity index (χ3v) is 5.24. The minimum absolute atomic E-state index is 0.210. The Balaban J connectivity index is 2.71. The van der Waals surface area contributed by atoms with Gasteiger partial charge in [-0.3, -0.25) is 0 Å². The first-order chi connectivity index (χ1) is 8.78. The van der Waals surface area contributed by atoms with Crippen molar-refractivity contribution in [3.05, 3.63) is 28.2 Å². The van der Waals surface area contributed by atoms with Gasteiger partial charge in [0.15, 0.2) is 0 Å². The molecule has 1 aromatic rings. The largest absolute Gasteiger partial charge is 0.310 e. The molecule has 0 saturated carbocycles. The van der Waals surface area contributed by atoms with Gasteiger partial charge in [-0.2, -0.15) is 0 Å². The fraction of sp³-hybridized carbons (Fsp3) is 0.538. The third-order valence-electron chi connectivity index (χ3n) is 2.44. The van der Waals surface area contributed by atoms with Gasteiger partial charge in [0.2, 0.25) is 0 Å². The average Bonchev–Trinajstić information content (AvgIpc) is 2.26. The molecule has 1 aromatic carbocycles. The van der Waals surface area contributed by atoms with Crippen molar-refractivity contribution < 1.29 is 8.42 Å². The number of thioether (sulfide) groups is 1. The summed E-state index contributed by atoms with van der Waals surface area (Å²) in [7, 11) is -2.89. The Morgan fingerprint density at radius 2 is 2.05 bits per heavy atom. The molecule has 0 atom stereocenters. The van der Waals surface area contributed by atoms with Crippen LogP contribution in [0.2, 0.25) is 0 Å². The molecular weight excluding hydrogens is 346 g/mol. The summed E-state index contributed by atoms with van der Waals surface area (Å²) in [6, 6.07) is 6.56. The van der Waals surface area contributed by atoms with Crippen molar-refractivity contribution in [2.24, 2.45) is 0 Å². The Morgan fingerprint density at radius 1 is 1.37 bits per heavy atom. The van der Waals surface area contributed by atoms with E-state index < -0.39 is 9.84 Å². The van der Waals surface area contributed by atoms with Gasteiger partial charge in [0, 0.05) is 34.0 Å². The molecule has 0 amide bonds. The molecule has 0 saturated heterocycles. The number of nitrogens with one attached hydrogen (secondary N) is 1. The summed E-state index contributed by atoms with van der Waals surface area (Å²) >= 11 is 5.05. The van der Waals surface area contributed by atoms with Gasteiger partial charge in [-0.1, -0.05) is 35.8 Å². The third kappa shape index (κ3) is 7.34. The lowest BCUT2D eigenvalue weighted by atomic mass is 10.2. The first kappa shape index (κ1) is 17.0. The molecular formula is C13H20BrNO2S2. The lowest BCUT2D eigenvalue weighted by Gasteiger charge is -2.12. The zero-order valence-corrected chi connectivity index (χ0v) is 14.7. The van der Waals surface area contributed by atoms with Gasteiger partial charge < -0.3 is 5.32 Å². The SMILES string of the molecule is CC(C)NCc1ccc(Br)cc1SCCS(C)(=O)=O. The number of benzene rings is 1. The molecule has 1 rings (SSSR count). The van der Waals surface area contributed by atoms with E-state index in [1.807, 2.05) is 12.1 Å². The summed E-state index contributed by atoms with van der Waals surface area (Å²) in [6.07, 6.45) is 1.27. The average molecular weight is 366 g/mol. The zero-order chi connectivity index (χ0) is 14.5. The van der Waals surface area contributed by atoms with Gasteiger partial charge in [0.1, 0.15) is 9.84 Å². The molecule has 6 heteroatoms. The first-order valence-electron chi connectivity index (χ1n) is 6.10. The van der Waals surface area contributed by atoms with Crippen LogP contribution in [0.4, 0.5) is 0 Å². The molecule has 0 heterocycles. The van der Waals surface area contributed by atoms with Crippen LogP contribution in [-0.2, 0) is 16.4 Å². The van der Waals surface area contributed by atoms with Gasteiger partial charge in [-0.05, 0) is 17.7 Å². The smallest absolute Gasteiger partial charge is 0.148 e. The molecule has 0 aromatic heterocycles. The molecule has 0 unspecified atom stereocenters. The zero-order valence-electron chi connectivity index (χ0n) is 11.4. The Bertz CT molecular complexity index is 515. The number of halogens is 1. The standard InChI is InChI=1S/C13H20BrNO2S2/c1-10(2)15-9-11-4-5-12(14)8-13(11)18-6-7-19(3,16)17/h4-5,8,10,15H,6-7,9H2,1-3H3. The molecule has 19 heavy (non-hydrogen) atoms. The van der Waals surface area contributed by atoms with E-state index in [0.717, 1.165) is 15.9 Å². The molecule has 0 spiro atoms. The maximum atomic E-state index is 11.2. The van der Waals surface area contributed by atoms with Crippen LogP contribution in [0.25, 0.3) is 0 Å². The minimum atomic E-state index is -2.89. The van der Waals surface area contributed by atoms with E-state index in [-0.39, 0.29) is 5.75 Å². The highest BCUT2D eigenvalue weighted by atomic mass is 79.9. The lowest BCUT2D eigenvalue weighted by Crippen LogP contribution is -2.22. The number of sulfone groups is 1. The summed E-state index contributed by atoms with van der Waals surface area (Å²) in [5, 5.41) is 3.38. The van der Waals surface area contributed by atoms with Gasteiger partial charge in [-0.25, -0.2) is 8.42 Å². The molecule has 3 nitrogen and oxygen atoms in total. The monoisotopic (exact) mass is 365 g/mol. The quantitative estimate of drug-likeness (QED) is 0.754. The van der Waals surface area contributed by atoms with Crippen LogP contribution in [0, 0.1) is 0 Å². The van der Waals surface area contributed by atoms with Crippen molar-refractivity contribution in [3.8, 4) is 0 Å². The highest BCUT2D eigenvalue weighted by molar-refractivity contribution is 9.10. The highest BCUT2D eigenvalue weighted by Crippen LogP contribution is 2.26. The Kier molecular flexibility index (Phi) is 6.86. The van der Waals surface area contributed by atoms with Gasteiger partial charge in [0.05, 0.1) is 5.75 Å². The van der Waals surface area contributed by atoms with Gasteiger partial charge in [-0.15, -0.1) is 11.8 Å². The minimum Gasteiger partial charge on any atom is -0.310 e. The van der Waals surface area contributed by atoms with E-state index in [4.69, 9.17) is 0 Å². The van der Waals surface area contributed by atoms with Crippen LogP contribution in [-0.4, -0.2) is 32.2 Å². The van der Waals surface area contributed by atoms with Crippen molar-refractivity contribution in [1.82, 2.24) is 5.32 Å². The van der Waals surface area contributed by atoms with Crippen molar-refractivity contribution in [2.75, 3.05) is 17.8 Å². The van der Waals surface area contributed by atoms with Crippen LogP contribution >= 0.6 is 27.7 Å². The van der Waals surface area contributed by atoms with Crippen LogP contribution in [0.1, 0.15) is 19.4 Å². The maximum absolute atomic E-state index is 11.2. The van der Waals surface area contributed by atoms with Crippen molar-refractivity contribution in [1.29, 1.82) is 0 Å². The van der Waals surface area contributed by atoms with Crippen molar-refractivity contribution >= 4 is 37.5 Å². The molecule has 108 valence electrons. The van der Waals surface area contributed by atoms with Crippen molar-refractivity contribution in [2.45, 2.75) is 31.3 Å². The normalized spacial score (nSPS) is 12.1. The summed E-state index contributed by atoms with van der Waals surface area (Å²) < 4.78 is 23.3. The Hall–Kier alpha value is -0.0400. The van der Waals surface area contributed by atoms with Gasteiger partial charge >= 0.3 is 0 Å². The first-order valence-corrected chi connectivity index (χ1v) is 9.94. The Morgan fingerprint density at radius 3 is 2.63 bits per heavy atom. The second-order valence-electron chi connectivity index (χ2n) is 4.77. The number of hydrogen-bond acceptors (Lipinski definition) is 4. The van der Waals surface area contributed by atoms with Crippen LogP contribution in [0.5, 0.6) is 0 Å². The fourth-order valence-electron chi connectivity index (χ4n) is 1.43. The van der Waals surface area contributed by atoms with E-state index in [1.54, 1.807) is 11.8 Å². The number of hydrogen-bond donors (Lipinski definition) is 1. The molecule has 0 radical (unpaired) electrons. The summed E-state index contributed by atoms with van der Waals surface area (Å²) in [5.74, 6) is 0.797. The van der Waals surface area contributed by atoms with Crippen LogP contribution in [0.3, 0.4) is 0 Å². The predicted octanol–water partition coefficient (Wildman–Crippen LogP) is 3.08. The van der Waals surface area contributed by atoms with Crippen LogP contribution in [0.15, 0.2) is 27.6 Å². The summed E-state index contributed by atoms with van der Waals surface area (Å²) in [5.41, 5.74) is 1.20. The van der Waals surface area contributed by atoms with Crippen molar-refractivity contribution in [3.63, 3.8) is 0 Å². The van der Waals surface area contributed by atoms with E-state index >= 15 is 0 Å². The maximum Gasteiger partial charge on any atom is 0.148 e. The molecule has 0 aliphatic rings. The van der Waals surface area contributed by atoms with E-state index in [9.17, 15) is 8.42 Å². The Labute approximate surface area is 128 Å². The lowest BCUT2D eigenvalue weighted by molar-refractivity contribution is 0.584. The topological polar surface area (TPSA) is 46.2 Å². The van der Waals surface area contributed by atoms with Crippen LogP contribution < -0.4 is 5.32 Å². The van der Waals surface area contributed by atoms with E-state index in [1.165, 1.54) is 11.8 Å². The molecule has 0 bridgehead atoms. The summed E-state index contributed by atoms with van der Waals surface area (Å²) in [4.78, 5) is 1.13. The highest BCUT2D eigenvalue weighted by Gasteiger charge is 2.07. The second-order valence-corrected chi connectivity index (χ2v) is 9.08. The summed E-state index contributed by atoms with van der Waals surface area (Å²) in [6.45, 7) is 5.01. The van der Waals surface area contributed by atoms with Gasteiger partial charge in [0.25, 0.3) is 0 Å². The molecule has 0 aliphatic carbocycles. The fourth-order valence-corrected chi connectivity index (χ4v) is 4.24. The molecule has 1 N–H and O–H groups in total. The van der Waals surface area contributed by atoms with E-state index in [2.05, 4.69) is 41.2 Å². The molecule has 0 fully saturated rings.